The van der Waals surface area contributed by atoms with Gasteiger partial charge in [-0.1, -0.05) is 13.8 Å². The molecule has 1 rings (SSSR count). The quantitative estimate of drug-likeness (QED) is 0.706. The lowest BCUT2D eigenvalue weighted by atomic mass is 9.93. The second-order valence-corrected chi connectivity index (χ2v) is 5.72. The molecular formula is C11H23N3O. The number of carbonyl (C=O) groups is 1. The number of hydrogen-bond acceptors (Lipinski definition) is 3. The third kappa shape index (κ3) is 3.47. The molecule has 1 unspecified atom stereocenters. The van der Waals surface area contributed by atoms with Crippen LogP contribution in [-0.4, -0.2) is 36.0 Å². The third-order valence-electron chi connectivity index (χ3n) is 3.27. The molecule has 0 aromatic rings. The fourth-order valence-electron chi connectivity index (χ4n) is 1.93. The van der Waals surface area contributed by atoms with Crippen molar-refractivity contribution in [2.24, 2.45) is 16.9 Å². The molecule has 0 bridgehead atoms. The molecular weight excluding hydrogens is 190 g/mol. The van der Waals surface area contributed by atoms with Crippen LogP contribution in [0.15, 0.2) is 0 Å². The summed E-state index contributed by atoms with van der Waals surface area (Å²) in [7, 11) is 0. The zero-order valence-corrected chi connectivity index (χ0v) is 10.0. The topological polar surface area (TPSA) is 72.3 Å². The van der Waals surface area contributed by atoms with Gasteiger partial charge in [-0.25, -0.2) is 0 Å². The molecule has 15 heavy (non-hydrogen) atoms. The van der Waals surface area contributed by atoms with Crippen molar-refractivity contribution < 1.29 is 4.79 Å². The van der Waals surface area contributed by atoms with Gasteiger partial charge in [0.2, 0.25) is 5.91 Å². The Bertz CT molecular complexity index is 248. The highest BCUT2D eigenvalue weighted by atomic mass is 16.1. The maximum atomic E-state index is 11.0. The molecule has 0 spiro atoms. The molecule has 1 amide bonds. The summed E-state index contributed by atoms with van der Waals surface area (Å²) in [4.78, 5) is 13.4. The molecule has 1 fully saturated rings. The second-order valence-electron chi connectivity index (χ2n) is 5.72. The van der Waals surface area contributed by atoms with E-state index >= 15 is 0 Å². The largest absolute Gasteiger partial charge is 0.368 e. The van der Waals surface area contributed by atoms with Crippen molar-refractivity contribution in [2.45, 2.75) is 39.2 Å². The average molecular weight is 213 g/mol. The first kappa shape index (κ1) is 12.5. The average Bonchev–Trinajstić information content (AvgIpc) is 2.42. The predicted molar refractivity (Wildman–Crippen MR) is 61.2 cm³/mol. The summed E-state index contributed by atoms with van der Waals surface area (Å²) in [6.45, 7) is 9.28. The van der Waals surface area contributed by atoms with E-state index in [2.05, 4.69) is 18.7 Å². The van der Waals surface area contributed by atoms with Crippen molar-refractivity contribution in [3.63, 3.8) is 0 Å². The van der Waals surface area contributed by atoms with Crippen molar-refractivity contribution in [1.29, 1.82) is 0 Å². The van der Waals surface area contributed by atoms with Gasteiger partial charge in [0, 0.05) is 13.1 Å². The molecule has 1 heterocycles. The highest BCUT2D eigenvalue weighted by Crippen LogP contribution is 2.28. The van der Waals surface area contributed by atoms with E-state index in [1.54, 1.807) is 6.92 Å². The van der Waals surface area contributed by atoms with E-state index in [1.165, 1.54) is 6.42 Å². The van der Waals surface area contributed by atoms with Crippen LogP contribution in [-0.2, 0) is 4.79 Å². The number of carbonyl (C=O) groups excluding carboxylic acids is 1. The van der Waals surface area contributed by atoms with Gasteiger partial charge in [-0.05, 0) is 31.7 Å². The number of nitrogens with two attached hydrogens (primary N) is 2. The Morgan fingerprint density at radius 3 is 2.53 bits per heavy atom. The van der Waals surface area contributed by atoms with E-state index in [-0.39, 0.29) is 0 Å². The Labute approximate surface area is 92.0 Å². The molecule has 0 aromatic carbocycles. The molecule has 1 saturated heterocycles. The van der Waals surface area contributed by atoms with Gasteiger partial charge in [-0.3, -0.25) is 4.79 Å². The first-order valence-corrected chi connectivity index (χ1v) is 5.54. The lowest BCUT2D eigenvalue weighted by Crippen LogP contribution is -2.51. The van der Waals surface area contributed by atoms with Crippen molar-refractivity contribution in [3.8, 4) is 0 Å². The molecule has 4 heteroatoms. The molecule has 0 saturated carbocycles. The zero-order valence-electron chi connectivity index (χ0n) is 10.0. The van der Waals surface area contributed by atoms with E-state index in [4.69, 9.17) is 11.5 Å². The molecule has 0 radical (unpaired) electrons. The second kappa shape index (κ2) is 4.10. The maximum absolute atomic E-state index is 11.0. The monoisotopic (exact) mass is 213 g/mol. The summed E-state index contributed by atoms with van der Waals surface area (Å²) in [6.07, 6.45) is 1.85. The zero-order chi connectivity index (χ0) is 11.7. The molecule has 1 aliphatic heterocycles. The smallest absolute Gasteiger partial charge is 0.237 e. The Hall–Kier alpha value is -0.610. The van der Waals surface area contributed by atoms with Crippen molar-refractivity contribution in [3.05, 3.63) is 0 Å². The molecule has 88 valence electrons. The highest BCUT2D eigenvalue weighted by Gasteiger charge is 2.31. The van der Waals surface area contributed by atoms with Crippen LogP contribution in [0, 0.1) is 5.41 Å². The summed E-state index contributed by atoms with van der Waals surface area (Å²) in [6, 6.07) is 0. The lowest BCUT2D eigenvalue weighted by molar-refractivity contribution is -0.122. The van der Waals surface area contributed by atoms with Gasteiger partial charge in [-0.15, -0.1) is 0 Å². The van der Waals surface area contributed by atoms with Crippen molar-refractivity contribution in [1.82, 2.24) is 4.90 Å². The Morgan fingerprint density at radius 1 is 1.53 bits per heavy atom. The minimum atomic E-state index is -0.868. The molecule has 0 aromatic heterocycles. The van der Waals surface area contributed by atoms with E-state index in [9.17, 15) is 4.79 Å². The van der Waals surface area contributed by atoms with Crippen LogP contribution in [0.2, 0.25) is 0 Å². The van der Waals surface area contributed by atoms with Gasteiger partial charge in [0.05, 0.1) is 5.54 Å². The van der Waals surface area contributed by atoms with Crippen LogP contribution in [0.25, 0.3) is 0 Å². The number of hydrogen-bond donors (Lipinski definition) is 2. The Balaban J connectivity index is 2.36. The Kier molecular flexibility index (Phi) is 3.41. The Morgan fingerprint density at radius 2 is 2.13 bits per heavy atom. The minimum absolute atomic E-state index is 0.401. The SMILES string of the molecule is CC1(C)CCN(CCC(C)(N)C(N)=O)C1. The number of likely N-dealkylation sites (tertiary alicyclic amines) is 1. The number of rotatable bonds is 4. The molecule has 1 aliphatic rings. The van der Waals surface area contributed by atoms with Crippen LogP contribution in [0.4, 0.5) is 0 Å². The summed E-state index contributed by atoms with van der Waals surface area (Å²) in [5, 5.41) is 0. The molecule has 1 atom stereocenters. The van der Waals surface area contributed by atoms with Gasteiger partial charge in [-0.2, -0.15) is 0 Å². The van der Waals surface area contributed by atoms with Gasteiger partial charge < -0.3 is 16.4 Å². The third-order valence-corrected chi connectivity index (χ3v) is 3.27. The summed E-state index contributed by atoms with van der Waals surface area (Å²) >= 11 is 0. The van der Waals surface area contributed by atoms with Crippen molar-refractivity contribution >= 4 is 5.91 Å². The van der Waals surface area contributed by atoms with Gasteiger partial charge >= 0.3 is 0 Å². The summed E-state index contributed by atoms with van der Waals surface area (Å²) in [5.74, 6) is -0.416. The standard InChI is InChI=1S/C11H23N3O/c1-10(2)4-6-14(8-10)7-5-11(3,13)9(12)15/h4-8,13H2,1-3H3,(H2,12,15). The first-order valence-electron chi connectivity index (χ1n) is 5.54. The minimum Gasteiger partial charge on any atom is -0.368 e. The number of nitrogens with zero attached hydrogens (tertiary/aromatic N) is 1. The van der Waals surface area contributed by atoms with Gasteiger partial charge in [0.15, 0.2) is 0 Å². The number of amides is 1. The fourth-order valence-corrected chi connectivity index (χ4v) is 1.93. The van der Waals surface area contributed by atoms with Gasteiger partial charge in [0.1, 0.15) is 0 Å². The molecule has 0 aliphatic carbocycles. The van der Waals surface area contributed by atoms with Crippen LogP contribution in [0.3, 0.4) is 0 Å². The van der Waals surface area contributed by atoms with E-state index < -0.39 is 11.4 Å². The fraction of sp³-hybridized carbons (Fsp3) is 0.909. The van der Waals surface area contributed by atoms with Crippen LogP contribution < -0.4 is 11.5 Å². The van der Waals surface area contributed by atoms with Crippen molar-refractivity contribution in [2.75, 3.05) is 19.6 Å². The number of primary amides is 1. The van der Waals surface area contributed by atoms with Crippen LogP contribution in [0.1, 0.15) is 33.6 Å². The molecule has 4 N–H and O–H groups in total. The van der Waals surface area contributed by atoms with Crippen LogP contribution >= 0.6 is 0 Å². The van der Waals surface area contributed by atoms with Crippen LogP contribution in [0.5, 0.6) is 0 Å². The van der Waals surface area contributed by atoms with E-state index in [0.29, 0.717) is 11.8 Å². The normalized spacial score (nSPS) is 25.1. The van der Waals surface area contributed by atoms with E-state index in [0.717, 1.165) is 19.6 Å². The molecule has 4 nitrogen and oxygen atoms in total. The van der Waals surface area contributed by atoms with Gasteiger partial charge in [0.25, 0.3) is 0 Å². The lowest BCUT2D eigenvalue weighted by Gasteiger charge is -2.25. The summed E-state index contributed by atoms with van der Waals surface area (Å²) in [5.41, 5.74) is 10.6. The highest BCUT2D eigenvalue weighted by molar-refractivity contribution is 5.83. The van der Waals surface area contributed by atoms with E-state index in [1.807, 2.05) is 0 Å². The predicted octanol–water partition coefficient (Wildman–Crippen LogP) is 0.311. The summed E-state index contributed by atoms with van der Waals surface area (Å²) < 4.78 is 0. The first-order chi connectivity index (χ1) is 6.73. The maximum Gasteiger partial charge on any atom is 0.237 e.